The quantitative estimate of drug-likeness (QED) is 0.853. The van der Waals surface area contributed by atoms with Crippen molar-refractivity contribution in [1.82, 2.24) is 4.31 Å². The van der Waals surface area contributed by atoms with Crippen LogP contribution in [0, 0.1) is 5.92 Å². The lowest BCUT2D eigenvalue weighted by Crippen LogP contribution is -2.38. The molecule has 7 heteroatoms. The van der Waals surface area contributed by atoms with Gasteiger partial charge in [0.2, 0.25) is 10.0 Å². The van der Waals surface area contributed by atoms with Gasteiger partial charge in [0.15, 0.2) is 11.5 Å². The highest BCUT2D eigenvalue weighted by atomic mass is 32.2. The van der Waals surface area contributed by atoms with Gasteiger partial charge in [-0.05, 0) is 30.9 Å². The van der Waals surface area contributed by atoms with E-state index in [1.807, 2.05) is 0 Å². The lowest BCUT2D eigenvalue weighted by atomic mass is 10.0. The molecular formula is C15H20FNO4S. The van der Waals surface area contributed by atoms with E-state index in [0.29, 0.717) is 50.6 Å². The van der Waals surface area contributed by atoms with Gasteiger partial charge in [-0.25, -0.2) is 8.42 Å². The fourth-order valence-corrected chi connectivity index (χ4v) is 4.24. The molecule has 0 aliphatic carbocycles. The Morgan fingerprint density at radius 1 is 1.14 bits per heavy atom. The number of alkyl halides is 1. The second-order valence-corrected chi connectivity index (χ2v) is 7.60. The monoisotopic (exact) mass is 329 g/mol. The van der Waals surface area contributed by atoms with E-state index in [0.717, 1.165) is 6.42 Å². The standard InChI is InChI=1S/C15H20FNO4S/c16-11-12-4-6-17(7-5-12)22(18,19)13-2-3-14-15(10-13)21-9-1-8-20-14/h2-3,10,12H,1,4-9,11H2. The zero-order valence-corrected chi connectivity index (χ0v) is 13.1. The molecule has 122 valence electrons. The SMILES string of the molecule is O=S(=O)(c1ccc2c(c1)OCCCO2)N1CCC(CF)CC1. The molecule has 0 spiro atoms. The van der Waals surface area contributed by atoms with Gasteiger partial charge in [-0.1, -0.05) is 0 Å². The minimum atomic E-state index is -3.56. The first kappa shape index (κ1) is 15.6. The molecule has 0 amide bonds. The maximum absolute atomic E-state index is 12.7. The van der Waals surface area contributed by atoms with Crippen LogP contribution in [0.5, 0.6) is 11.5 Å². The molecule has 0 atom stereocenters. The Kier molecular flexibility index (Phi) is 4.54. The molecule has 2 aliphatic rings. The molecule has 1 aromatic carbocycles. The highest BCUT2D eigenvalue weighted by Crippen LogP contribution is 2.33. The van der Waals surface area contributed by atoms with Gasteiger partial charge in [-0.2, -0.15) is 4.31 Å². The van der Waals surface area contributed by atoms with Crippen molar-refractivity contribution in [3.63, 3.8) is 0 Å². The Morgan fingerprint density at radius 2 is 1.82 bits per heavy atom. The number of benzene rings is 1. The van der Waals surface area contributed by atoms with Crippen LogP contribution in [0.2, 0.25) is 0 Å². The smallest absolute Gasteiger partial charge is 0.243 e. The van der Waals surface area contributed by atoms with Crippen molar-refractivity contribution < 1.29 is 22.3 Å². The van der Waals surface area contributed by atoms with Gasteiger partial charge < -0.3 is 9.47 Å². The van der Waals surface area contributed by atoms with Crippen LogP contribution in [0.1, 0.15) is 19.3 Å². The maximum atomic E-state index is 12.7. The van der Waals surface area contributed by atoms with Crippen LogP contribution < -0.4 is 9.47 Å². The summed E-state index contributed by atoms with van der Waals surface area (Å²) in [4.78, 5) is 0.204. The Labute approximate surface area is 130 Å². The average molecular weight is 329 g/mol. The molecule has 1 fully saturated rings. The van der Waals surface area contributed by atoms with Gasteiger partial charge in [0.1, 0.15) is 0 Å². The summed E-state index contributed by atoms with van der Waals surface area (Å²) < 4.78 is 50.5. The fourth-order valence-electron chi connectivity index (χ4n) is 2.76. The number of sulfonamides is 1. The van der Waals surface area contributed by atoms with Gasteiger partial charge in [0, 0.05) is 25.6 Å². The Hall–Kier alpha value is -1.34. The molecule has 0 bridgehead atoms. The first-order valence-electron chi connectivity index (χ1n) is 7.57. The largest absolute Gasteiger partial charge is 0.490 e. The highest BCUT2D eigenvalue weighted by Gasteiger charge is 2.30. The Balaban J connectivity index is 1.82. The predicted octanol–water partition coefficient (Wildman–Crippen LogP) is 2.22. The normalized spacial score (nSPS) is 20.6. The number of rotatable bonds is 3. The van der Waals surface area contributed by atoms with Crippen molar-refractivity contribution in [3.8, 4) is 11.5 Å². The van der Waals surface area contributed by atoms with E-state index in [1.165, 1.54) is 10.4 Å². The van der Waals surface area contributed by atoms with Crippen molar-refractivity contribution in [2.24, 2.45) is 5.92 Å². The van der Waals surface area contributed by atoms with Crippen LogP contribution in [0.4, 0.5) is 4.39 Å². The van der Waals surface area contributed by atoms with E-state index in [-0.39, 0.29) is 17.5 Å². The number of nitrogens with zero attached hydrogens (tertiary/aromatic N) is 1. The van der Waals surface area contributed by atoms with E-state index in [9.17, 15) is 12.8 Å². The number of piperidine rings is 1. The van der Waals surface area contributed by atoms with Crippen molar-refractivity contribution >= 4 is 10.0 Å². The van der Waals surface area contributed by atoms with E-state index in [4.69, 9.17) is 9.47 Å². The third kappa shape index (κ3) is 3.05. The lowest BCUT2D eigenvalue weighted by Gasteiger charge is -2.30. The van der Waals surface area contributed by atoms with Gasteiger partial charge in [0.25, 0.3) is 0 Å². The topological polar surface area (TPSA) is 55.8 Å². The number of halogens is 1. The van der Waals surface area contributed by atoms with E-state index in [2.05, 4.69) is 0 Å². The molecule has 3 rings (SSSR count). The van der Waals surface area contributed by atoms with Gasteiger partial charge >= 0.3 is 0 Å². The van der Waals surface area contributed by atoms with Crippen molar-refractivity contribution in [2.75, 3.05) is 33.0 Å². The minimum absolute atomic E-state index is 0.0183. The second-order valence-electron chi connectivity index (χ2n) is 5.66. The molecule has 1 aromatic rings. The van der Waals surface area contributed by atoms with E-state index < -0.39 is 10.0 Å². The summed E-state index contributed by atoms with van der Waals surface area (Å²) in [5, 5.41) is 0. The van der Waals surface area contributed by atoms with Crippen LogP contribution >= 0.6 is 0 Å². The van der Waals surface area contributed by atoms with Crippen LogP contribution in [-0.2, 0) is 10.0 Å². The molecule has 0 radical (unpaired) electrons. The first-order chi connectivity index (χ1) is 10.6. The summed E-state index contributed by atoms with van der Waals surface area (Å²) in [5.41, 5.74) is 0. The molecule has 2 aliphatic heterocycles. The lowest BCUT2D eigenvalue weighted by molar-refractivity contribution is 0.233. The number of ether oxygens (including phenoxy) is 2. The summed E-state index contributed by atoms with van der Waals surface area (Å²) in [6.07, 6.45) is 1.91. The fraction of sp³-hybridized carbons (Fsp3) is 0.600. The van der Waals surface area contributed by atoms with Crippen molar-refractivity contribution in [3.05, 3.63) is 18.2 Å². The summed E-state index contributed by atoms with van der Waals surface area (Å²) >= 11 is 0. The molecule has 2 heterocycles. The zero-order valence-electron chi connectivity index (χ0n) is 12.3. The van der Waals surface area contributed by atoms with Gasteiger partial charge in [-0.15, -0.1) is 0 Å². The van der Waals surface area contributed by atoms with Crippen LogP contribution in [0.25, 0.3) is 0 Å². The first-order valence-corrected chi connectivity index (χ1v) is 9.01. The van der Waals surface area contributed by atoms with Crippen LogP contribution in [0.15, 0.2) is 23.1 Å². The molecule has 0 saturated carbocycles. The van der Waals surface area contributed by atoms with Crippen LogP contribution in [0.3, 0.4) is 0 Å². The number of fused-ring (bicyclic) bond motifs is 1. The maximum Gasteiger partial charge on any atom is 0.243 e. The number of hydrogen-bond acceptors (Lipinski definition) is 4. The minimum Gasteiger partial charge on any atom is -0.490 e. The molecule has 22 heavy (non-hydrogen) atoms. The van der Waals surface area contributed by atoms with E-state index in [1.54, 1.807) is 12.1 Å². The molecule has 5 nitrogen and oxygen atoms in total. The van der Waals surface area contributed by atoms with Crippen molar-refractivity contribution in [2.45, 2.75) is 24.2 Å². The van der Waals surface area contributed by atoms with Gasteiger partial charge in [0.05, 0.1) is 24.8 Å². The predicted molar refractivity (Wildman–Crippen MR) is 79.5 cm³/mol. The summed E-state index contributed by atoms with van der Waals surface area (Å²) in [6, 6.07) is 4.71. The summed E-state index contributed by atoms with van der Waals surface area (Å²) in [7, 11) is -3.56. The Bertz CT molecular complexity index is 626. The van der Waals surface area contributed by atoms with Gasteiger partial charge in [-0.3, -0.25) is 4.39 Å². The number of hydrogen-bond donors (Lipinski definition) is 0. The summed E-state index contributed by atoms with van der Waals surface area (Å²) in [6.45, 7) is 1.43. The summed E-state index contributed by atoms with van der Waals surface area (Å²) in [5.74, 6) is 1.03. The second kappa shape index (κ2) is 6.42. The third-order valence-corrected chi connectivity index (χ3v) is 6.04. The Morgan fingerprint density at radius 3 is 2.50 bits per heavy atom. The molecule has 0 unspecified atom stereocenters. The third-order valence-electron chi connectivity index (χ3n) is 4.15. The highest BCUT2D eigenvalue weighted by molar-refractivity contribution is 7.89. The molecule has 0 N–H and O–H groups in total. The van der Waals surface area contributed by atoms with Crippen molar-refractivity contribution in [1.29, 1.82) is 0 Å². The average Bonchev–Trinajstić information content (AvgIpc) is 2.79. The molecule has 0 aromatic heterocycles. The molecule has 1 saturated heterocycles. The van der Waals surface area contributed by atoms with E-state index >= 15 is 0 Å². The van der Waals surface area contributed by atoms with Crippen LogP contribution in [-0.4, -0.2) is 45.7 Å². The molecular weight excluding hydrogens is 309 g/mol. The zero-order chi connectivity index (χ0) is 15.6.